The van der Waals surface area contributed by atoms with Crippen molar-refractivity contribution in [3.05, 3.63) is 30.3 Å². The highest BCUT2D eigenvalue weighted by molar-refractivity contribution is 5.64. The molecule has 1 atom stereocenters. The van der Waals surface area contributed by atoms with Gasteiger partial charge in [-0.05, 0) is 43.2 Å². The highest BCUT2D eigenvalue weighted by atomic mass is 16.5. The number of methoxy groups -OCH3 is 2. The summed E-state index contributed by atoms with van der Waals surface area (Å²) in [4.78, 5) is 2.19. The number of anilines is 1. The summed E-state index contributed by atoms with van der Waals surface area (Å²) < 4.78 is 10.6. The molecule has 1 aromatic carbocycles. The molecule has 1 fully saturated rings. The molecular formula is C17H22N4O2. The average molecular weight is 314 g/mol. The largest absolute Gasteiger partial charge is 0.493 e. The van der Waals surface area contributed by atoms with Crippen molar-refractivity contribution >= 4 is 5.82 Å². The number of benzene rings is 1. The van der Waals surface area contributed by atoms with Gasteiger partial charge in [0.25, 0.3) is 0 Å². The summed E-state index contributed by atoms with van der Waals surface area (Å²) in [7, 11) is 3.24. The van der Waals surface area contributed by atoms with Crippen molar-refractivity contribution in [2.24, 2.45) is 5.73 Å². The third-order valence-corrected chi connectivity index (χ3v) is 4.11. The van der Waals surface area contributed by atoms with Crippen LogP contribution in [-0.2, 0) is 0 Å². The minimum Gasteiger partial charge on any atom is -0.493 e. The Kier molecular flexibility index (Phi) is 4.62. The molecule has 0 radical (unpaired) electrons. The lowest BCUT2D eigenvalue weighted by Crippen LogP contribution is -2.43. The molecule has 1 unspecified atom stereocenters. The van der Waals surface area contributed by atoms with Gasteiger partial charge in [-0.2, -0.15) is 0 Å². The summed E-state index contributed by atoms with van der Waals surface area (Å²) in [5.74, 6) is 2.25. The van der Waals surface area contributed by atoms with Crippen LogP contribution in [0.4, 0.5) is 5.82 Å². The van der Waals surface area contributed by atoms with Crippen molar-refractivity contribution in [2.45, 2.75) is 18.9 Å². The number of hydrogen-bond donors (Lipinski definition) is 1. The molecule has 2 N–H and O–H groups in total. The smallest absolute Gasteiger partial charge is 0.161 e. The van der Waals surface area contributed by atoms with Crippen molar-refractivity contribution in [1.29, 1.82) is 0 Å². The molecular weight excluding hydrogens is 292 g/mol. The van der Waals surface area contributed by atoms with Gasteiger partial charge in [-0.1, -0.05) is 0 Å². The van der Waals surface area contributed by atoms with Gasteiger partial charge in [0.15, 0.2) is 17.3 Å². The van der Waals surface area contributed by atoms with Crippen LogP contribution in [0.5, 0.6) is 11.5 Å². The normalized spacial score (nSPS) is 17.9. The maximum absolute atomic E-state index is 6.03. The van der Waals surface area contributed by atoms with Crippen LogP contribution in [0.3, 0.4) is 0 Å². The second-order valence-electron chi connectivity index (χ2n) is 5.69. The Hall–Kier alpha value is -2.34. The van der Waals surface area contributed by atoms with E-state index in [-0.39, 0.29) is 6.04 Å². The molecule has 0 aliphatic carbocycles. The van der Waals surface area contributed by atoms with Crippen LogP contribution < -0.4 is 20.1 Å². The summed E-state index contributed by atoms with van der Waals surface area (Å²) >= 11 is 0. The fraction of sp³-hybridized carbons (Fsp3) is 0.412. The molecule has 1 aliphatic heterocycles. The van der Waals surface area contributed by atoms with E-state index in [1.807, 2.05) is 30.3 Å². The molecule has 122 valence electrons. The zero-order valence-electron chi connectivity index (χ0n) is 13.5. The van der Waals surface area contributed by atoms with Gasteiger partial charge in [0.2, 0.25) is 0 Å². The van der Waals surface area contributed by atoms with E-state index in [0.717, 1.165) is 43.0 Å². The molecule has 1 aromatic heterocycles. The summed E-state index contributed by atoms with van der Waals surface area (Å²) in [6.07, 6.45) is 2.17. The van der Waals surface area contributed by atoms with Crippen molar-refractivity contribution in [3.63, 3.8) is 0 Å². The first-order valence-electron chi connectivity index (χ1n) is 7.78. The van der Waals surface area contributed by atoms with Crippen LogP contribution in [-0.4, -0.2) is 43.5 Å². The van der Waals surface area contributed by atoms with Crippen LogP contribution in [0.15, 0.2) is 30.3 Å². The van der Waals surface area contributed by atoms with Crippen molar-refractivity contribution in [2.75, 3.05) is 32.2 Å². The summed E-state index contributed by atoms with van der Waals surface area (Å²) in [6.45, 7) is 1.82. The van der Waals surface area contributed by atoms with E-state index in [0.29, 0.717) is 11.5 Å². The molecule has 0 spiro atoms. The molecule has 6 heteroatoms. The van der Waals surface area contributed by atoms with E-state index in [1.54, 1.807) is 14.2 Å². The van der Waals surface area contributed by atoms with Gasteiger partial charge in [-0.25, -0.2) is 0 Å². The predicted octanol–water partition coefficient (Wildman–Crippen LogP) is 2.09. The molecule has 0 amide bonds. The average Bonchev–Trinajstić information content (AvgIpc) is 2.61. The highest BCUT2D eigenvalue weighted by Gasteiger charge is 2.18. The zero-order valence-corrected chi connectivity index (χ0v) is 13.5. The van der Waals surface area contributed by atoms with Gasteiger partial charge >= 0.3 is 0 Å². The minimum absolute atomic E-state index is 0.219. The van der Waals surface area contributed by atoms with E-state index in [1.165, 1.54) is 0 Å². The lowest BCUT2D eigenvalue weighted by Gasteiger charge is -2.31. The Labute approximate surface area is 136 Å². The fourth-order valence-corrected chi connectivity index (χ4v) is 2.86. The number of rotatable bonds is 4. The zero-order chi connectivity index (χ0) is 16.2. The van der Waals surface area contributed by atoms with Crippen molar-refractivity contribution in [1.82, 2.24) is 10.2 Å². The SMILES string of the molecule is COc1ccc(-c2ccc(N3CCCC(N)C3)nn2)cc1OC. The second-order valence-corrected chi connectivity index (χ2v) is 5.69. The number of nitrogens with two attached hydrogens (primary N) is 1. The Balaban J connectivity index is 1.82. The Morgan fingerprint density at radius 3 is 2.57 bits per heavy atom. The van der Waals surface area contributed by atoms with Gasteiger partial charge in [0.1, 0.15) is 0 Å². The van der Waals surface area contributed by atoms with Crippen LogP contribution in [0.1, 0.15) is 12.8 Å². The topological polar surface area (TPSA) is 73.5 Å². The summed E-state index contributed by atoms with van der Waals surface area (Å²) in [6, 6.07) is 9.91. The Bertz CT molecular complexity index is 660. The number of piperidine rings is 1. The first-order valence-corrected chi connectivity index (χ1v) is 7.78. The lowest BCUT2D eigenvalue weighted by molar-refractivity contribution is 0.355. The van der Waals surface area contributed by atoms with Crippen LogP contribution in [0, 0.1) is 0 Å². The number of nitrogens with zero attached hydrogens (tertiary/aromatic N) is 3. The summed E-state index contributed by atoms with van der Waals surface area (Å²) in [5.41, 5.74) is 7.77. The molecule has 3 rings (SSSR count). The lowest BCUT2D eigenvalue weighted by atomic mass is 10.1. The van der Waals surface area contributed by atoms with E-state index >= 15 is 0 Å². The molecule has 1 saturated heterocycles. The molecule has 1 aliphatic rings. The van der Waals surface area contributed by atoms with E-state index in [9.17, 15) is 0 Å². The number of aromatic nitrogens is 2. The maximum Gasteiger partial charge on any atom is 0.161 e. The van der Waals surface area contributed by atoms with Crippen molar-refractivity contribution in [3.8, 4) is 22.8 Å². The molecule has 23 heavy (non-hydrogen) atoms. The Morgan fingerprint density at radius 1 is 1.09 bits per heavy atom. The van der Waals surface area contributed by atoms with Gasteiger partial charge < -0.3 is 20.1 Å². The van der Waals surface area contributed by atoms with Gasteiger partial charge in [-0.3, -0.25) is 0 Å². The molecule has 6 nitrogen and oxygen atoms in total. The van der Waals surface area contributed by atoms with E-state index < -0.39 is 0 Å². The monoisotopic (exact) mass is 314 g/mol. The molecule has 2 heterocycles. The van der Waals surface area contributed by atoms with Crippen molar-refractivity contribution < 1.29 is 9.47 Å². The quantitative estimate of drug-likeness (QED) is 0.931. The highest BCUT2D eigenvalue weighted by Crippen LogP contribution is 2.31. The number of hydrogen-bond acceptors (Lipinski definition) is 6. The van der Waals surface area contributed by atoms with Crippen LogP contribution >= 0.6 is 0 Å². The second kappa shape index (κ2) is 6.83. The third-order valence-electron chi connectivity index (χ3n) is 4.11. The third kappa shape index (κ3) is 3.37. The predicted molar refractivity (Wildman–Crippen MR) is 90.0 cm³/mol. The summed E-state index contributed by atoms with van der Waals surface area (Å²) in [5, 5.41) is 8.71. The number of ether oxygens (including phenoxy) is 2. The van der Waals surface area contributed by atoms with Crippen LogP contribution in [0.2, 0.25) is 0 Å². The fourth-order valence-electron chi connectivity index (χ4n) is 2.86. The molecule has 0 saturated carbocycles. The van der Waals surface area contributed by atoms with E-state index in [4.69, 9.17) is 15.2 Å². The maximum atomic E-state index is 6.03. The van der Waals surface area contributed by atoms with Gasteiger partial charge in [0.05, 0.1) is 19.9 Å². The van der Waals surface area contributed by atoms with E-state index in [2.05, 4.69) is 15.1 Å². The molecule has 0 bridgehead atoms. The molecule has 2 aromatic rings. The first kappa shape index (κ1) is 15.6. The van der Waals surface area contributed by atoms with Gasteiger partial charge in [-0.15, -0.1) is 10.2 Å². The minimum atomic E-state index is 0.219. The van der Waals surface area contributed by atoms with Crippen LogP contribution in [0.25, 0.3) is 11.3 Å². The Morgan fingerprint density at radius 2 is 1.91 bits per heavy atom. The first-order chi connectivity index (χ1) is 11.2. The van der Waals surface area contributed by atoms with Gasteiger partial charge in [0, 0.05) is 24.7 Å². The standard InChI is InChI=1S/C17H22N4O2/c1-22-15-7-5-12(10-16(15)23-2)14-6-8-17(20-19-14)21-9-3-4-13(18)11-21/h5-8,10,13H,3-4,9,11,18H2,1-2H3.